The molecule has 0 spiro atoms. The summed E-state index contributed by atoms with van der Waals surface area (Å²) in [4.78, 5) is 25.0. The Morgan fingerprint density at radius 3 is 2.04 bits per heavy atom. The van der Waals surface area contributed by atoms with Crippen LogP contribution in [-0.4, -0.2) is 11.8 Å². The summed E-state index contributed by atoms with van der Waals surface area (Å²) in [5.41, 5.74) is 1.05. The fourth-order valence-corrected chi connectivity index (χ4v) is 6.63. The summed E-state index contributed by atoms with van der Waals surface area (Å²) in [6, 6.07) is 13.9. The van der Waals surface area contributed by atoms with Gasteiger partial charge in [0.25, 0.3) is 11.8 Å². The molecular weight excluding hydrogens is 550 g/mol. The maximum absolute atomic E-state index is 12.5. The smallest absolute Gasteiger partial charge is 0.258 e. The first-order chi connectivity index (χ1) is 13.5. The highest BCUT2D eigenvalue weighted by Gasteiger charge is 2.29. The molecule has 0 atom stereocenters. The van der Waals surface area contributed by atoms with Crippen molar-refractivity contribution >= 4 is 103 Å². The number of amides is 2. The fraction of sp³-hybridized carbons (Fsp3) is 0. The third-order valence-corrected chi connectivity index (χ3v) is 7.46. The Balaban J connectivity index is 2.07. The summed E-state index contributed by atoms with van der Waals surface area (Å²) in [7, 11) is 0. The van der Waals surface area contributed by atoms with E-state index in [1.165, 1.54) is 0 Å². The van der Waals surface area contributed by atoms with Gasteiger partial charge < -0.3 is 0 Å². The van der Waals surface area contributed by atoms with Crippen LogP contribution in [0.3, 0.4) is 0 Å². The molecule has 2 amide bonds. The van der Waals surface area contributed by atoms with Crippen molar-refractivity contribution in [3.05, 3.63) is 67.0 Å². The Morgan fingerprint density at radius 2 is 1.21 bits per heavy atom. The van der Waals surface area contributed by atoms with Crippen molar-refractivity contribution in [2.45, 2.75) is 0 Å². The van der Waals surface area contributed by atoms with Crippen molar-refractivity contribution in [1.82, 2.24) is 5.32 Å². The molecule has 134 valence electrons. The lowest BCUT2D eigenvalue weighted by Gasteiger charge is -2.22. The number of imide groups is 1. The van der Waals surface area contributed by atoms with Gasteiger partial charge in [0.05, 0.1) is 0 Å². The van der Waals surface area contributed by atoms with Gasteiger partial charge in [-0.2, -0.15) is 0 Å². The van der Waals surface area contributed by atoms with Crippen LogP contribution >= 0.6 is 47.8 Å². The van der Waals surface area contributed by atoms with Crippen molar-refractivity contribution in [1.29, 1.82) is 0 Å². The first-order valence-electron chi connectivity index (χ1n) is 8.53. The topological polar surface area (TPSA) is 46.2 Å². The molecule has 3 nitrogen and oxygen atoms in total. The highest BCUT2D eigenvalue weighted by molar-refractivity contribution is 9.11. The number of hydrogen-bond acceptors (Lipinski definition) is 2. The Kier molecular flexibility index (Phi) is 3.33. The van der Waals surface area contributed by atoms with Crippen LogP contribution in [0.5, 0.6) is 0 Å². The molecule has 0 saturated heterocycles. The van der Waals surface area contributed by atoms with Crippen LogP contribution in [0.15, 0.2) is 55.9 Å². The number of benzene rings is 5. The highest BCUT2D eigenvalue weighted by atomic mass is 79.9. The van der Waals surface area contributed by atoms with Crippen LogP contribution in [0.25, 0.3) is 43.1 Å². The zero-order valence-electron chi connectivity index (χ0n) is 14.0. The molecule has 0 aromatic heterocycles. The van der Waals surface area contributed by atoms with Gasteiger partial charge in [-0.3, -0.25) is 14.9 Å². The molecule has 0 bridgehead atoms. The van der Waals surface area contributed by atoms with Gasteiger partial charge in [0.2, 0.25) is 0 Å². The van der Waals surface area contributed by atoms with Crippen LogP contribution in [0.1, 0.15) is 20.7 Å². The molecule has 1 aliphatic rings. The van der Waals surface area contributed by atoms with Crippen LogP contribution in [-0.2, 0) is 0 Å². The van der Waals surface area contributed by atoms with E-state index in [4.69, 9.17) is 0 Å². The number of fused-ring (bicyclic) bond motifs is 2. The maximum Gasteiger partial charge on any atom is 0.258 e. The van der Waals surface area contributed by atoms with Gasteiger partial charge in [0.15, 0.2) is 0 Å². The normalized spacial score (nSPS) is 14.0. The minimum atomic E-state index is -0.360. The van der Waals surface area contributed by atoms with Crippen LogP contribution in [0.2, 0.25) is 0 Å². The molecule has 0 radical (unpaired) electrons. The van der Waals surface area contributed by atoms with Crippen molar-refractivity contribution in [3.63, 3.8) is 0 Å². The molecule has 0 saturated carbocycles. The van der Waals surface area contributed by atoms with Crippen molar-refractivity contribution in [2.24, 2.45) is 0 Å². The zero-order valence-corrected chi connectivity index (χ0v) is 18.7. The van der Waals surface area contributed by atoms with E-state index < -0.39 is 0 Å². The van der Waals surface area contributed by atoms with E-state index >= 15 is 0 Å². The number of nitrogens with one attached hydrogen (secondary N) is 1. The molecule has 5 aromatic rings. The molecule has 1 aliphatic heterocycles. The van der Waals surface area contributed by atoms with E-state index in [1.807, 2.05) is 24.3 Å². The molecule has 6 heteroatoms. The largest absolute Gasteiger partial charge is 0.288 e. The maximum atomic E-state index is 12.5. The van der Waals surface area contributed by atoms with E-state index in [-0.39, 0.29) is 11.8 Å². The second kappa shape index (κ2) is 5.53. The summed E-state index contributed by atoms with van der Waals surface area (Å²) in [6.45, 7) is 0. The zero-order chi connectivity index (χ0) is 19.3. The van der Waals surface area contributed by atoms with Gasteiger partial charge in [0.1, 0.15) is 0 Å². The van der Waals surface area contributed by atoms with Gasteiger partial charge in [-0.05, 0) is 39.7 Å². The van der Waals surface area contributed by atoms with E-state index in [9.17, 15) is 9.59 Å². The summed E-state index contributed by atoms with van der Waals surface area (Å²) in [5, 5.41) is 10.6. The lowest BCUT2D eigenvalue weighted by molar-refractivity contribution is 0.0845. The predicted molar refractivity (Wildman–Crippen MR) is 123 cm³/mol. The summed E-state index contributed by atoms with van der Waals surface area (Å²) in [5.74, 6) is -0.711. The van der Waals surface area contributed by atoms with E-state index in [2.05, 4.69) is 71.3 Å². The fourth-order valence-electron chi connectivity index (χ4n) is 4.48. The minimum absolute atomic E-state index is 0.351. The van der Waals surface area contributed by atoms with Gasteiger partial charge in [-0.1, -0.05) is 72.1 Å². The van der Waals surface area contributed by atoms with Gasteiger partial charge in [0, 0.05) is 46.1 Å². The van der Waals surface area contributed by atoms with E-state index in [0.717, 1.165) is 56.5 Å². The van der Waals surface area contributed by atoms with Crippen molar-refractivity contribution in [3.8, 4) is 0 Å². The number of hydrogen-bond donors (Lipinski definition) is 1. The number of carbonyl (C=O) groups excluding carboxylic acids is 2. The van der Waals surface area contributed by atoms with Gasteiger partial charge in [-0.25, -0.2) is 0 Å². The highest BCUT2D eigenvalue weighted by Crippen LogP contribution is 2.48. The second-order valence-electron chi connectivity index (χ2n) is 6.92. The monoisotopic (exact) mass is 555 g/mol. The Hall–Kier alpha value is -2.02. The molecule has 0 fully saturated rings. The molecule has 0 aliphatic carbocycles. The molecule has 5 aromatic carbocycles. The lowest BCUT2D eigenvalue weighted by Crippen LogP contribution is -2.34. The van der Waals surface area contributed by atoms with Crippen LogP contribution < -0.4 is 5.32 Å². The van der Waals surface area contributed by atoms with Crippen LogP contribution in [0.4, 0.5) is 0 Å². The average molecular weight is 558 g/mol. The quantitative estimate of drug-likeness (QED) is 0.128. The van der Waals surface area contributed by atoms with Gasteiger partial charge >= 0.3 is 0 Å². The average Bonchev–Trinajstić information content (AvgIpc) is 2.66. The SMILES string of the molecule is O=C1NC(=O)c2cc(Br)c3c4cccc5c(Br)cc(Br)c(c6ccc1c2c63)c54. The summed E-state index contributed by atoms with van der Waals surface area (Å²) in [6.07, 6.45) is 0. The van der Waals surface area contributed by atoms with Crippen molar-refractivity contribution < 1.29 is 9.59 Å². The summed E-state index contributed by atoms with van der Waals surface area (Å²) >= 11 is 11.1. The standard InChI is InChI=1S/C22H8Br3NO2/c23-13-7-15(25)18-10-4-5-11-17-12(22(28)26-21(11)27)6-14(24)19(20(10)17)9-3-1-2-8(13)16(9)18/h1-7H,(H,26,27,28). The number of carbonyl (C=O) groups is 2. The minimum Gasteiger partial charge on any atom is -0.288 e. The second-order valence-corrected chi connectivity index (χ2v) is 9.48. The molecule has 1 heterocycles. The van der Waals surface area contributed by atoms with Crippen molar-refractivity contribution in [2.75, 3.05) is 0 Å². The molecule has 28 heavy (non-hydrogen) atoms. The molecular formula is C22H8Br3NO2. The molecule has 0 unspecified atom stereocenters. The first kappa shape index (κ1) is 16.9. The Morgan fingerprint density at radius 1 is 0.571 bits per heavy atom. The predicted octanol–water partition coefficient (Wildman–Crippen LogP) is 6.91. The Labute approximate surface area is 183 Å². The number of halogens is 3. The third-order valence-electron chi connectivity index (χ3n) is 5.55. The van der Waals surface area contributed by atoms with Gasteiger partial charge in [-0.15, -0.1) is 0 Å². The lowest BCUT2D eigenvalue weighted by atomic mass is 9.85. The molecule has 1 N–H and O–H groups in total. The number of rotatable bonds is 0. The first-order valence-corrected chi connectivity index (χ1v) is 10.9. The van der Waals surface area contributed by atoms with Crippen LogP contribution in [0, 0.1) is 0 Å². The Bertz CT molecular complexity index is 1560. The molecule has 6 rings (SSSR count). The summed E-state index contributed by atoms with van der Waals surface area (Å²) < 4.78 is 2.82. The third kappa shape index (κ3) is 1.93. The van der Waals surface area contributed by atoms with E-state index in [1.54, 1.807) is 0 Å². The van der Waals surface area contributed by atoms with E-state index in [0.29, 0.717) is 11.1 Å².